The molecule has 1 heterocycles. The number of hydrogen-bond acceptors (Lipinski definition) is 2. The first-order valence-electron chi connectivity index (χ1n) is 6.40. The molecule has 0 aromatic heterocycles. The molecule has 0 saturated carbocycles. The van der Waals surface area contributed by atoms with Crippen molar-refractivity contribution in [3.05, 3.63) is 71.8 Å². The predicted octanol–water partition coefficient (Wildman–Crippen LogP) is 3.60. The molecule has 0 amide bonds. The van der Waals surface area contributed by atoms with Gasteiger partial charge in [0.1, 0.15) is 13.2 Å². The zero-order valence-corrected chi connectivity index (χ0v) is 10.8. The number of fused-ring (bicyclic) bond motifs is 1. The second-order valence-corrected chi connectivity index (χ2v) is 4.77. The Bertz CT molecular complexity index is 587. The summed E-state index contributed by atoms with van der Waals surface area (Å²) in [6.07, 6.45) is 0.901. The predicted molar refractivity (Wildman–Crippen MR) is 75.8 cm³/mol. The quantitative estimate of drug-likeness (QED) is 0.760. The van der Waals surface area contributed by atoms with Crippen molar-refractivity contribution in [3.63, 3.8) is 0 Å². The van der Waals surface area contributed by atoms with Gasteiger partial charge in [-0.15, -0.1) is 0 Å². The number of rotatable bonds is 2. The summed E-state index contributed by atoms with van der Waals surface area (Å²) in [5, 5.41) is 0. The van der Waals surface area contributed by atoms with Crippen molar-refractivity contribution in [2.24, 2.45) is 0 Å². The molecule has 0 bridgehead atoms. The summed E-state index contributed by atoms with van der Waals surface area (Å²) in [6, 6.07) is 16.5. The smallest absolute Gasteiger partial charge is 0.161 e. The molecule has 0 spiro atoms. The Balaban J connectivity index is 1.83. The Labute approximate surface area is 113 Å². The SMILES string of the molecule is C=C1COc2ccc(Cc3ccccc3)cc2OC1. The summed E-state index contributed by atoms with van der Waals surface area (Å²) >= 11 is 0. The van der Waals surface area contributed by atoms with Crippen LogP contribution in [0.3, 0.4) is 0 Å². The van der Waals surface area contributed by atoms with Gasteiger partial charge in [0.15, 0.2) is 11.5 Å². The van der Waals surface area contributed by atoms with Crippen LogP contribution in [0.25, 0.3) is 0 Å². The van der Waals surface area contributed by atoms with E-state index in [1.165, 1.54) is 11.1 Å². The average Bonchev–Trinajstić information content (AvgIpc) is 2.62. The maximum Gasteiger partial charge on any atom is 0.161 e. The van der Waals surface area contributed by atoms with Crippen LogP contribution in [0, 0.1) is 0 Å². The van der Waals surface area contributed by atoms with Gasteiger partial charge >= 0.3 is 0 Å². The highest BCUT2D eigenvalue weighted by Crippen LogP contribution is 2.31. The normalized spacial score (nSPS) is 14.0. The lowest BCUT2D eigenvalue weighted by molar-refractivity contribution is 0.354. The second kappa shape index (κ2) is 5.19. The number of benzene rings is 2. The Hall–Kier alpha value is -2.22. The lowest BCUT2D eigenvalue weighted by Crippen LogP contribution is -2.02. The third-order valence-electron chi connectivity index (χ3n) is 3.12. The maximum absolute atomic E-state index is 5.71. The molecule has 19 heavy (non-hydrogen) atoms. The minimum absolute atomic E-state index is 0.530. The summed E-state index contributed by atoms with van der Waals surface area (Å²) in [5.74, 6) is 1.61. The van der Waals surface area contributed by atoms with E-state index in [-0.39, 0.29) is 0 Å². The van der Waals surface area contributed by atoms with E-state index < -0.39 is 0 Å². The molecule has 0 N–H and O–H groups in total. The molecule has 0 radical (unpaired) electrons. The van der Waals surface area contributed by atoms with E-state index in [0.29, 0.717) is 13.2 Å². The minimum atomic E-state index is 0.530. The van der Waals surface area contributed by atoms with Gasteiger partial charge in [-0.25, -0.2) is 0 Å². The van der Waals surface area contributed by atoms with Gasteiger partial charge in [0.25, 0.3) is 0 Å². The second-order valence-electron chi connectivity index (χ2n) is 4.77. The van der Waals surface area contributed by atoms with Crippen LogP contribution in [-0.4, -0.2) is 13.2 Å². The third kappa shape index (κ3) is 2.79. The highest BCUT2D eigenvalue weighted by Gasteiger charge is 2.12. The summed E-state index contributed by atoms with van der Waals surface area (Å²) in [4.78, 5) is 0. The Morgan fingerprint density at radius 2 is 1.58 bits per heavy atom. The molecule has 1 aliphatic rings. The van der Waals surface area contributed by atoms with Gasteiger partial charge in [0, 0.05) is 0 Å². The molecule has 3 rings (SSSR count). The van der Waals surface area contributed by atoms with Gasteiger partial charge in [-0.05, 0) is 35.3 Å². The van der Waals surface area contributed by atoms with E-state index in [2.05, 4.69) is 43.0 Å². The third-order valence-corrected chi connectivity index (χ3v) is 3.12. The van der Waals surface area contributed by atoms with E-state index in [9.17, 15) is 0 Å². The molecular weight excluding hydrogens is 236 g/mol. The van der Waals surface area contributed by atoms with Crippen molar-refractivity contribution in [3.8, 4) is 11.5 Å². The molecular formula is C17H16O2. The molecule has 2 aromatic rings. The van der Waals surface area contributed by atoms with E-state index in [1.54, 1.807) is 0 Å². The molecule has 0 unspecified atom stereocenters. The molecule has 0 aliphatic carbocycles. The topological polar surface area (TPSA) is 18.5 Å². The van der Waals surface area contributed by atoms with Crippen molar-refractivity contribution in [2.45, 2.75) is 6.42 Å². The van der Waals surface area contributed by atoms with Gasteiger partial charge in [-0.1, -0.05) is 43.0 Å². The van der Waals surface area contributed by atoms with Crippen LogP contribution in [0.2, 0.25) is 0 Å². The van der Waals surface area contributed by atoms with Crippen LogP contribution in [0.4, 0.5) is 0 Å². The molecule has 1 aliphatic heterocycles. The maximum atomic E-state index is 5.71. The molecule has 0 fully saturated rings. The van der Waals surface area contributed by atoms with E-state index in [4.69, 9.17) is 9.47 Å². The molecule has 0 atom stereocenters. The fourth-order valence-electron chi connectivity index (χ4n) is 2.13. The lowest BCUT2D eigenvalue weighted by atomic mass is 10.0. The first-order chi connectivity index (χ1) is 9.31. The van der Waals surface area contributed by atoms with Crippen molar-refractivity contribution in [1.29, 1.82) is 0 Å². The van der Waals surface area contributed by atoms with Gasteiger partial charge in [0.2, 0.25) is 0 Å². The number of ether oxygens (including phenoxy) is 2. The highest BCUT2D eigenvalue weighted by atomic mass is 16.5. The summed E-state index contributed by atoms with van der Waals surface area (Å²) < 4.78 is 11.4. The van der Waals surface area contributed by atoms with Crippen LogP contribution in [0.5, 0.6) is 11.5 Å². The van der Waals surface area contributed by atoms with Crippen LogP contribution in [0.15, 0.2) is 60.7 Å². The van der Waals surface area contributed by atoms with Gasteiger partial charge < -0.3 is 9.47 Å². The summed E-state index contributed by atoms with van der Waals surface area (Å²) in [6.45, 7) is 4.96. The van der Waals surface area contributed by atoms with E-state index in [1.807, 2.05) is 12.1 Å². The summed E-state index contributed by atoms with van der Waals surface area (Å²) in [5.41, 5.74) is 3.48. The molecule has 2 nitrogen and oxygen atoms in total. The first-order valence-corrected chi connectivity index (χ1v) is 6.40. The van der Waals surface area contributed by atoms with Crippen LogP contribution < -0.4 is 9.47 Å². The van der Waals surface area contributed by atoms with Gasteiger partial charge in [-0.2, -0.15) is 0 Å². The number of hydrogen-bond donors (Lipinski definition) is 0. The molecule has 0 saturated heterocycles. The van der Waals surface area contributed by atoms with Crippen molar-refractivity contribution in [2.75, 3.05) is 13.2 Å². The zero-order chi connectivity index (χ0) is 13.1. The average molecular weight is 252 g/mol. The van der Waals surface area contributed by atoms with Crippen LogP contribution in [-0.2, 0) is 6.42 Å². The van der Waals surface area contributed by atoms with Crippen LogP contribution >= 0.6 is 0 Å². The van der Waals surface area contributed by atoms with Crippen molar-refractivity contribution < 1.29 is 9.47 Å². The minimum Gasteiger partial charge on any atom is -0.485 e. The molecule has 2 aromatic carbocycles. The van der Waals surface area contributed by atoms with Crippen LogP contribution in [0.1, 0.15) is 11.1 Å². The fraction of sp³-hybridized carbons (Fsp3) is 0.176. The Morgan fingerprint density at radius 1 is 0.842 bits per heavy atom. The lowest BCUT2D eigenvalue weighted by Gasteiger charge is -2.09. The molecule has 2 heteroatoms. The largest absolute Gasteiger partial charge is 0.485 e. The Kier molecular flexibility index (Phi) is 3.23. The standard InChI is InChI=1S/C17H16O2/c1-13-11-18-16-8-7-15(10-17(16)19-12-13)9-14-5-3-2-4-6-14/h2-8,10H,1,9,11-12H2. The highest BCUT2D eigenvalue weighted by molar-refractivity contribution is 5.45. The van der Waals surface area contributed by atoms with E-state index in [0.717, 1.165) is 23.5 Å². The first kappa shape index (κ1) is 11.8. The fourth-order valence-corrected chi connectivity index (χ4v) is 2.13. The monoisotopic (exact) mass is 252 g/mol. The van der Waals surface area contributed by atoms with Gasteiger partial charge in [-0.3, -0.25) is 0 Å². The summed E-state index contributed by atoms with van der Waals surface area (Å²) in [7, 11) is 0. The van der Waals surface area contributed by atoms with Crippen molar-refractivity contribution >= 4 is 0 Å². The van der Waals surface area contributed by atoms with E-state index >= 15 is 0 Å². The van der Waals surface area contributed by atoms with Crippen molar-refractivity contribution in [1.82, 2.24) is 0 Å². The Morgan fingerprint density at radius 3 is 2.37 bits per heavy atom. The zero-order valence-electron chi connectivity index (χ0n) is 10.8. The molecule has 96 valence electrons. The van der Waals surface area contributed by atoms with Gasteiger partial charge in [0.05, 0.1) is 0 Å².